The number of rotatable bonds is 3. The molecule has 4 saturated carbocycles. The zero-order valence-corrected chi connectivity index (χ0v) is 18.4. The van der Waals surface area contributed by atoms with E-state index in [9.17, 15) is 0 Å². The zero-order valence-electron chi connectivity index (χ0n) is 18.4. The lowest BCUT2D eigenvalue weighted by molar-refractivity contribution is -0.0677. The lowest BCUT2D eigenvalue weighted by Gasteiger charge is -2.56. The maximum atomic E-state index is 4.62. The standard InChI is InChI=1S/C26H40N2/c1-17-4-9-22-19(14-17)5-10-24-23(22)12-13-26(3)20(7-11-25(24)26)6-8-21-16-27-18(2)15-28-21/h15-17,19-20,22-25H,4-14H2,1-3H3. The summed E-state index contributed by atoms with van der Waals surface area (Å²) in [4.78, 5) is 9.08. The van der Waals surface area contributed by atoms with E-state index in [4.69, 9.17) is 0 Å². The molecule has 1 heterocycles. The number of nitrogens with zero attached hydrogens (tertiary/aromatic N) is 2. The maximum absolute atomic E-state index is 4.62. The van der Waals surface area contributed by atoms with Gasteiger partial charge in [-0.05, 0) is 118 Å². The molecule has 2 heteroatoms. The lowest BCUT2D eigenvalue weighted by atomic mass is 9.49. The molecule has 0 amide bonds. The van der Waals surface area contributed by atoms with Gasteiger partial charge in [0.2, 0.25) is 0 Å². The summed E-state index contributed by atoms with van der Waals surface area (Å²) in [6.07, 6.45) is 20.1. The van der Waals surface area contributed by atoms with E-state index in [2.05, 4.69) is 23.8 Å². The van der Waals surface area contributed by atoms with Crippen LogP contribution < -0.4 is 0 Å². The summed E-state index contributed by atoms with van der Waals surface area (Å²) >= 11 is 0. The molecule has 1 aromatic heterocycles. The van der Waals surface area contributed by atoms with Gasteiger partial charge >= 0.3 is 0 Å². The monoisotopic (exact) mass is 380 g/mol. The smallest absolute Gasteiger partial charge is 0.0587 e. The van der Waals surface area contributed by atoms with Crippen LogP contribution in [0, 0.1) is 53.8 Å². The van der Waals surface area contributed by atoms with Gasteiger partial charge in [-0.25, -0.2) is 0 Å². The molecule has 28 heavy (non-hydrogen) atoms. The minimum absolute atomic E-state index is 0.605. The number of hydrogen-bond donors (Lipinski definition) is 0. The van der Waals surface area contributed by atoms with E-state index in [0.717, 1.165) is 53.5 Å². The molecule has 4 aliphatic carbocycles. The SMILES string of the molecule is Cc1cnc(CCC2CCC3C4CCC5CC(C)CCC5C4CCC23C)cn1. The van der Waals surface area contributed by atoms with Crippen molar-refractivity contribution in [2.24, 2.45) is 46.8 Å². The van der Waals surface area contributed by atoms with Crippen LogP contribution in [0.1, 0.15) is 89.4 Å². The predicted octanol–water partition coefficient (Wildman–Crippen LogP) is 6.62. The Bertz CT molecular complexity index is 682. The Kier molecular flexibility index (Phi) is 5.04. The van der Waals surface area contributed by atoms with Crippen molar-refractivity contribution in [3.8, 4) is 0 Å². The van der Waals surface area contributed by atoms with Gasteiger partial charge in [0.15, 0.2) is 0 Å². The molecule has 8 unspecified atom stereocenters. The van der Waals surface area contributed by atoms with Gasteiger partial charge in [0.25, 0.3) is 0 Å². The first-order valence-corrected chi connectivity index (χ1v) is 12.3. The van der Waals surface area contributed by atoms with Crippen molar-refractivity contribution in [3.05, 3.63) is 23.8 Å². The second-order valence-electron chi connectivity index (χ2n) is 11.4. The number of hydrogen-bond acceptors (Lipinski definition) is 2. The van der Waals surface area contributed by atoms with Crippen molar-refractivity contribution in [1.82, 2.24) is 9.97 Å². The van der Waals surface area contributed by atoms with E-state index in [1.165, 1.54) is 50.6 Å². The van der Waals surface area contributed by atoms with Crippen LogP contribution in [-0.2, 0) is 6.42 Å². The van der Waals surface area contributed by atoms with Crippen LogP contribution >= 0.6 is 0 Å². The minimum Gasteiger partial charge on any atom is -0.258 e. The molecule has 8 atom stereocenters. The van der Waals surface area contributed by atoms with E-state index in [1.54, 1.807) is 19.3 Å². The van der Waals surface area contributed by atoms with Gasteiger partial charge in [0.1, 0.15) is 0 Å². The van der Waals surface area contributed by atoms with Crippen LogP contribution in [0.4, 0.5) is 0 Å². The summed E-state index contributed by atoms with van der Waals surface area (Å²) in [6, 6.07) is 0. The first-order valence-electron chi connectivity index (χ1n) is 12.3. The highest BCUT2D eigenvalue weighted by molar-refractivity contribution is 5.07. The van der Waals surface area contributed by atoms with Gasteiger partial charge in [-0.3, -0.25) is 9.97 Å². The van der Waals surface area contributed by atoms with E-state index < -0.39 is 0 Å². The summed E-state index contributed by atoms with van der Waals surface area (Å²) < 4.78 is 0. The summed E-state index contributed by atoms with van der Waals surface area (Å²) in [5.41, 5.74) is 2.83. The fourth-order valence-corrected chi connectivity index (χ4v) is 8.54. The summed E-state index contributed by atoms with van der Waals surface area (Å²) in [5.74, 6) is 7.20. The van der Waals surface area contributed by atoms with E-state index in [0.29, 0.717) is 5.41 Å². The molecule has 4 aliphatic rings. The van der Waals surface area contributed by atoms with Crippen molar-refractivity contribution in [2.75, 3.05) is 0 Å². The molecule has 0 N–H and O–H groups in total. The molecule has 4 fully saturated rings. The number of fused-ring (bicyclic) bond motifs is 5. The molecule has 0 aliphatic heterocycles. The quantitative estimate of drug-likeness (QED) is 0.588. The highest BCUT2D eigenvalue weighted by atomic mass is 14.8. The molecular formula is C26H40N2. The van der Waals surface area contributed by atoms with Gasteiger partial charge in [-0.15, -0.1) is 0 Å². The second kappa shape index (κ2) is 7.40. The van der Waals surface area contributed by atoms with Crippen molar-refractivity contribution in [2.45, 2.75) is 91.4 Å². The third-order valence-electron chi connectivity index (χ3n) is 10.00. The summed E-state index contributed by atoms with van der Waals surface area (Å²) in [5, 5.41) is 0. The molecule has 0 bridgehead atoms. The van der Waals surface area contributed by atoms with Crippen molar-refractivity contribution in [3.63, 3.8) is 0 Å². The normalized spacial score (nSPS) is 45.2. The summed E-state index contributed by atoms with van der Waals surface area (Å²) in [7, 11) is 0. The van der Waals surface area contributed by atoms with Crippen LogP contribution in [0.3, 0.4) is 0 Å². The highest BCUT2D eigenvalue weighted by Gasteiger charge is 2.56. The van der Waals surface area contributed by atoms with E-state index >= 15 is 0 Å². The van der Waals surface area contributed by atoms with Gasteiger partial charge in [0, 0.05) is 12.4 Å². The number of aromatic nitrogens is 2. The zero-order chi connectivity index (χ0) is 19.3. The molecular weight excluding hydrogens is 340 g/mol. The van der Waals surface area contributed by atoms with Gasteiger partial charge in [-0.2, -0.15) is 0 Å². The Morgan fingerprint density at radius 3 is 2.61 bits per heavy atom. The Hall–Kier alpha value is -0.920. The molecule has 1 aromatic rings. The predicted molar refractivity (Wildman–Crippen MR) is 115 cm³/mol. The summed E-state index contributed by atoms with van der Waals surface area (Å²) in [6.45, 7) is 7.21. The van der Waals surface area contributed by atoms with Crippen molar-refractivity contribution < 1.29 is 0 Å². The topological polar surface area (TPSA) is 25.8 Å². The van der Waals surface area contributed by atoms with Gasteiger partial charge < -0.3 is 0 Å². The molecule has 0 aromatic carbocycles. The van der Waals surface area contributed by atoms with Gasteiger partial charge in [0.05, 0.1) is 11.4 Å². The molecule has 154 valence electrons. The van der Waals surface area contributed by atoms with E-state index in [1.807, 2.05) is 19.3 Å². The first kappa shape index (κ1) is 19.1. The minimum atomic E-state index is 0.605. The van der Waals surface area contributed by atoms with Crippen LogP contribution in [0.5, 0.6) is 0 Å². The molecule has 5 rings (SSSR count). The van der Waals surface area contributed by atoms with Crippen LogP contribution in [0.25, 0.3) is 0 Å². The van der Waals surface area contributed by atoms with Crippen molar-refractivity contribution in [1.29, 1.82) is 0 Å². The average Bonchev–Trinajstić information content (AvgIpc) is 3.03. The van der Waals surface area contributed by atoms with Gasteiger partial charge in [-0.1, -0.05) is 20.3 Å². The number of aryl methyl sites for hydroxylation is 2. The van der Waals surface area contributed by atoms with Crippen LogP contribution in [0.2, 0.25) is 0 Å². The van der Waals surface area contributed by atoms with Crippen molar-refractivity contribution >= 4 is 0 Å². The highest BCUT2D eigenvalue weighted by Crippen LogP contribution is 2.65. The second-order valence-corrected chi connectivity index (χ2v) is 11.4. The van der Waals surface area contributed by atoms with Crippen LogP contribution in [-0.4, -0.2) is 9.97 Å². The fraction of sp³-hybridized carbons (Fsp3) is 0.846. The Balaban J connectivity index is 1.27. The molecule has 2 nitrogen and oxygen atoms in total. The molecule has 0 spiro atoms. The Morgan fingerprint density at radius 2 is 1.79 bits per heavy atom. The Labute approximate surface area is 172 Å². The third-order valence-corrected chi connectivity index (χ3v) is 10.00. The largest absolute Gasteiger partial charge is 0.258 e. The molecule has 0 saturated heterocycles. The molecule has 0 radical (unpaired) electrons. The first-order chi connectivity index (χ1) is 13.5. The van der Waals surface area contributed by atoms with Crippen LogP contribution in [0.15, 0.2) is 12.4 Å². The average molecular weight is 381 g/mol. The lowest BCUT2D eigenvalue weighted by Crippen LogP contribution is -2.48. The fourth-order valence-electron chi connectivity index (χ4n) is 8.54. The third kappa shape index (κ3) is 3.23. The maximum Gasteiger partial charge on any atom is 0.0587 e. The Morgan fingerprint density at radius 1 is 0.929 bits per heavy atom. The van der Waals surface area contributed by atoms with E-state index in [-0.39, 0.29) is 0 Å².